The highest BCUT2D eigenvalue weighted by Gasteiger charge is 1.94. The molecule has 1 aromatic heterocycles. The number of pyridine rings is 1. The number of aromatic nitrogens is 1. The summed E-state index contributed by atoms with van der Waals surface area (Å²) in [5.41, 5.74) is 1.79. The van der Waals surface area contributed by atoms with Crippen LogP contribution < -0.4 is 4.74 Å². The monoisotopic (exact) mass is 241 g/mol. The molecule has 0 aliphatic carbocycles. The Morgan fingerprint density at radius 2 is 1.94 bits per heavy atom. The van der Waals surface area contributed by atoms with Crippen LogP contribution in [0.1, 0.15) is 11.3 Å². The van der Waals surface area contributed by atoms with Crippen LogP contribution in [-0.4, -0.2) is 16.7 Å². The molecular weight excluding hydrogens is 226 g/mol. The number of benzene rings is 1. The Hall–Kier alpha value is -2.13. The molecule has 92 valence electrons. The molecule has 0 bridgehead atoms. The van der Waals surface area contributed by atoms with E-state index in [2.05, 4.69) is 4.98 Å². The summed E-state index contributed by atoms with van der Waals surface area (Å²) in [5, 5.41) is 8.85. The van der Waals surface area contributed by atoms with Crippen molar-refractivity contribution >= 4 is 6.08 Å². The average Bonchev–Trinajstić information content (AvgIpc) is 2.45. The Bertz CT molecular complexity index is 492. The van der Waals surface area contributed by atoms with Crippen LogP contribution in [0.3, 0.4) is 0 Å². The zero-order valence-corrected chi connectivity index (χ0v) is 9.99. The van der Waals surface area contributed by atoms with Gasteiger partial charge in [-0.15, -0.1) is 0 Å². The Labute approximate surface area is 106 Å². The van der Waals surface area contributed by atoms with E-state index in [1.54, 1.807) is 18.3 Å². The van der Waals surface area contributed by atoms with Crippen molar-refractivity contribution in [1.29, 1.82) is 0 Å². The van der Waals surface area contributed by atoms with E-state index in [1.165, 1.54) is 0 Å². The van der Waals surface area contributed by atoms with Crippen LogP contribution in [0.4, 0.5) is 0 Å². The molecule has 0 atom stereocenters. The molecule has 0 saturated carbocycles. The summed E-state index contributed by atoms with van der Waals surface area (Å²) < 4.78 is 5.50. The molecule has 1 heterocycles. The van der Waals surface area contributed by atoms with E-state index in [1.807, 2.05) is 42.5 Å². The Morgan fingerprint density at radius 1 is 1.11 bits per heavy atom. The van der Waals surface area contributed by atoms with Gasteiger partial charge in [-0.2, -0.15) is 0 Å². The topological polar surface area (TPSA) is 42.4 Å². The Balaban J connectivity index is 1.83. The summed E-state index contributed by atoms with van der Waals surface area (Å²) in [6.07, 6.45) is 5.58. The number of hydrogen-bond acceptors (Lipinski definition) is 3. The number of rotatable bonds is 5. The first kappa shape index (κ1) is 12.3. The van der Waals surface area contributed by atoms with E-state index in [0.717, 1.165) is 5.56 Å². The summed E-state index contributed by atoms with van der Waals surface area (Å²) >= 11 is 0. The molecular formula is C15H15NO2. The molecule has 0 aliphatic rings. The van der Waals surface area contributed by atoms with Crippen molar-refractivity contribution in [2.45, 2.75) is 6.61 Å². The lowest BCUT2D eigenvalue weighted by Crippen LogP contribution is -1.95. The minimum absolute atomic E-state index is 0.0474. The van der Waals surface area contributed by atoms with Crippen LogP contribution in [-0.2, 0) is 6.61 Å². The van der Waals surface area contributed by atoms with Crippen molar-refractivity contribution in [2.24, 2.45) is 0 Å². The SMILES string of the molecule is OCc1ccc(OC/C=C/c2ccccc2)cn1. The largest absolute Gasteiger partial charge is 0.488 e. The van der Waals surface area contributed by atoms with Gasteiger partial charge in [0.05, 0.1) is 18.5 Å². The quantitative estimate of drug-likeness (QED) is 0.875. The van der Waals surface area contributed by atoms with E-state index in [0.29, 0.717) is 18.1 Å². The van der Waals surface area contributed by atoms with Crippen LogP contribution in [0.5, 0.6) is 5.75 Å². The minimum atomic E-state index is -0.0474. The van der Waals surface area contributed by atoms with Crippen molar-refractivity contribution in [3.05, 3.63) is 66.0 Å². The molecule has 0 spiro atoms. The molecule has 0 unspecified atom stereocenters. The van der Waals surface area contributed by atoms with E-state index >= 15 is 0 Å². The first-order valence-corrected chi connectivity index (χ1v) is 5.78. The van der Waals surface area contributed by atoms with Gasteiger partial charge in [-0.05, 0) is 23.8 Å². The van der Waals surface area contributed by atoms with Crippen molar-refractivity contribution in [1.82, 2.24) is 4.98 Å². The van der Waals surface area contributed by atoms with Gasteiger partial charge in [0.15, 0.2) is 0 Å². The number of aliphatic hydroxyl groups is 1. The molecule has 0 amide bonds. The fourth-order valence-electron chi connectivity index (χ4n) is 1.48. The van der Waals surface area contributed by atoms with Crippen LogP contribution in [0.2, 0.25) is 0 Å². The molecule has 18 heavy (non-hydrogen) atoms. The molecule has 0 aliphatic heterocycles. The molecule has 2 aromatic rings. The summed E-state index contributed by atoms with van der Waals surface area (Å²) in [4.78, 5) is 4.03. The van der Waals surface area contributed by atoms with Gasteiger partial charge in [-0.25, -0.2) is 0 Å². The van der Waals surface area contributed by atoms with Crippen molar-refractivity contribution in [2.75, 3.05) is 6.61 Å². The van der Waals surface area contributed by atoms with Gasteiger partial charge < -0.3 is 9.84 Å². The number of hydrogen-bond donors (Lipinski definition) is 1. The molecule has 1 aromatic carbocycles. The van der Waals surface area contributed by atoms with E-state index < -0.39 is 0 Å². The summed E-state index contributed by atoms with van der Waals surface area (Å²) in [5.74, 6) is 0.699. The maximum atomic E-state index is 8.85. The zero-order valence-electron chi connectivity index (χ0n) is 9.99. The van der Waals surface area contributed by atoms with Gasteiger partial charge in [0.1, 0.15) is 12.4 Å². The second kappa shape index (κ2) is 6.57. The highest BCUT2D eigenvalue weighted by molar-refractivity contribution is 5.48. The average molecular weight is 241 g/mol. The predicted molar refractivity (Wildman–Crippen MR) is 71.1 cm³/mol. The van der Waals surface area contributed by atoms with E-state index in [4.69, 9.17) is 9.84 Å². The lowest BCUT2D eigenvalue weighted by atomic mass is 10.2. The molecule has 0 radical (unpaired) electrons. The second-order valence-corrected chi connectivity index (χ2v) is 3.77. The Kier molecular flexibility index (Phi) is 4.50. The minimum Gasteiger partial charge on any atom is -0.488 e. The highest BCUT2D eigenvalue weighted by atomic mass is 16.5. The van der Waals surface area contributed by atoms with Crippen LogP contribution >= 0.6 is 0 Å². The molecule has 1 N–H and O–H groups in total. The van der Waals surface area contributed by atoms with Gasteiger partial charge >= 0.3 is 0 Å². The maximum Gasteiger partial charge on any atom is 0.138 e. The first-order chi connectivity index (χ1) is 8.88. The standard InChI is InChI=1S/C15H15NO2/c17-12-14-8-9-15(11-16-14)18-10-4-7-13-5-2-1-3-6-13/h1-9,11,17H,10,12H2/b7-4+. The van der Waals surface area contributed by atoms with E-state index in [9.17, 15) is 0 Å². The zero-order chi connectivity index (χ0) is 12.6. The smallest absolute Gasteiger partial charge is 0.138 e. The van der Waals surface area contributed by atoms with Gasteiger partial charge in [0, 0.05) is 0 Å². The van der Waals surface area contributed by atoms with Crippen LogP contribution in [0.25, 0.3) is 6.08 Å². The lowest BCUT2D eigenvalue weighted by molar-refractivity contribution is 0.276. The van der Waals surface area contributed by atoms with Gasteiger partial charge in [-0.1, -0.05) is 36.4 Å². The van der Waals surface area contributed by atoms with Crippen LogP contribution in [0, 0.1) is 0 Å². The fraction of sp³-hybridized carbons (Fsp3) is 0.133. The normalized spacial score (nSPS) is 10.7. The van der Waals surface area contributed by atoms with Crippen molar-refractivity contribution in [3.8, 4) is 5.75 Å². The molecule has 2 rings (SSSR count). The first-order valence-electron chi connectivity index (χ1n) is 5.78. The van der Waals surface area contributed by atoms with Gasteiger partial charge in [-0.3, -0.25) is 4.98 Å². The molecule has 3 nitrogen and oxygen atoms in total. The van der Waals surface area contributed by atoms with Crippen molar-refractivity contribution in [3.63, 3.8) is 0 Å². The van der Waals surface area contributed by atoms with Gasteiger partial charge in [0.2, 0.25) is 0 Å². The predicted octanol–water partition coefficient (Wildman–Crippen LogP) is 2.67. The number of ether oxygens (including phenoxy) is 1. The third-order valence-electron chi connectivity index (χ3n) is 2.42. The maximum absolute atomic E-state index is 8.85. The fourth-order valence-corrected chi connectivity index (χ4v) is 1.48. The third-order valence-corrected chi connectivity index (χ3v) is 2.42. The third kappa shape index (κ3) is 3.71. The number of nitrogens with zero attached hydrogens (tertiary/aromatic N) is 1. The highest BCUT2D eigenvalue weighted by Crippen LogP contribution is 2.09. The van der Waals surface area contributed by atoms with Crippen molar-refractivity contribution < 1.29 is 9.84 Å². The van der Waals surface area contributed by atoms with Crippen LogP contribution in [0.15, 0.2) is 54.7 Å². The summed E-state index contributed by atoms with van der Waals surface area (Å²) in [6.45, 7) is 0.448. The molecule has 0 fully saturated rings. The molecule has 0 saturated heterocycles. The summed E-state index contributed by atoms with van der Waals surface area (Å²) in [7, 11) is 0. The van der Waals surface area contributed by atoms with Gasteiger partial charge in [0.25, 0.3) is 0 Å². The molecule has 3 heteroatoms. The Morgan fingerprint density at radius 3 is 2.61 bits per heavy atom. The number of aliphatic hydroxyl groups excluding tert-OH is 1. The summed E-state index contributed by atoms with van der Waals surface area (Å²) in [6, 6.07) is 13.6. The lowest BCUT2D eigenvalue weighted by Gasteiger charge is -2.02. The van der Waals surface area contributed by atoms with E-state index in [-0.39, 0.29) is 6.61 Å². The second-order valence-electron chi connectivity index (χ2n) is 3.77.